The van der Waals surface area contributed by atoms with Gasteiger partial charge in [-0.3, -0.25) is 0 Å². The van der Waals surface area contributed by atoms with Crippen LogP contribution in [0.15, 0.2) is 42.5 Å². The Hall–Kier alpha value is -1.12. The third-order valence-electron chi connectivity index (χ3n) is 3.45. The van der Waals surface area contributed by atoms with E-state index in [9.17, 15) is 5.11 Å². The lowest BCUT2D eigenvalue weighted by atomic mass is 9.96. The first-order valence-corrected chi connectivity index (χ1v) is 6.80. The van der Waals surface area contributed by atoms with Crippen LogP contribution in [0.25, 0.3) is 0 Å². The summed E-state index contributed by atoms with van der Waals surface area (Å²) in [5, 5.41) is 10.3. The summed E-state index contributed by atoms with van der Waals surface area (Å²) in [4.78, 5) is 0. The van der Waals surface area contributed by atoms with Crippen LogP contribution in [0.2, 0.25) is 0 Å². The highest BCUT2D eigenvalue weighted by molar-refractivity contribution is 5.15. The second kappa shape index (κ2) is 6.72. The Labute approximate surface area is 109 Å². The van der Waals surface area contributed by atoms with Crippen LogP contribution in [0.1, 0.15) is 31.7 Å². The molecule has 98 valence electrons. The van der Waals surface area contributed by atoms with Gasteiger partial charge in [-0.2, -0.15) is 0 Å². The lowest BCUT2D eigenvalue weighted by Crippen LogP contribution is -2.37. The maximum absolute atomic E-state index is 10.3. The van der Waals surface area contributed by atoms with Crippen LogP contribution < -0.4 is 0 Å². The molecule has 1 heterocycles. The van der Waals surface area contributed by atoms with E-state index in [1.54, 1.807) is 0 Å². The Morgan fingerprint density at radius 2 is 2.11 bits per heavy atom. The molecule has 0 unspecified atom stereocenters. The van der Waals surface area contributed by atoms with Crippen LogP contribution in [0.3, 0.4) is 0 Å². The van der Waals surface area contributed by atoms with E-state index in [2.05, 4.69) is 18.2 Å². The predicted octanol–water partition coefficient (Wildman–Crippen LogP) is 3.10. The number of aliphatic hydroxyl groups is 1. The highest BCUT2D eigenvalue weighted by Crippen LogP contribution is 2.23. The van der Waals surface area contributed by atoms with E-state index in [-0.39, 0.29) is 12.2 Å². The van der Waals surface area contributed by atoms with Crippen LogP contribution in [0.5, 0.6) is 0 Å². The number of allylic oxidation sites excluding steroid dienone is 1. The van der Waals surface area contributed by atoms with Gasteiger partial charge in [0.1, 0.15) is 0 Å². The molecule has 1 aromatic carbocycles. The molecule has 0 amide bonds. The SMILES string of the molecule is C/C=C/[C@@H]1CCC[C@@H]([C@H](O)Cc2ccccc2)O1. The van der Waals surface area contributed by atoms with Gasteiger partial charge >= 0.3 is 0 Å². The normalized spacial score (nSPS) is 26.3. The third-order valence-corrected chi connectivity index (χ3v) is 3.45. The van der Waals surface area contributed by atoms with Gasteiger partial charge < -0.3 is 9.84 Å². The first-order valence-electron chi connectivity index (χ1n) is 6.80. The number of ether oxygens (including phenoxy) is 1. The summed E-state index contributed by atoms with van der Waals surface area (Å²) in [7, 11) is 0. The summed E-state index contributed by atoms with van der Waals surface area (Å²) in [5.74, 6) is 0. The molecule has 2 nitrogen and oxygen atoms in total. The lowest BCUT2D eigenvalue weighted by molar-refractivity contribution is -0.0879. The second-order valence-corrected chi connectivity index (χ2v) is 4.93. The van der Waals surface area contributed by atoms with Crippen LogP contribution in [-0.4, -0.2) is 23.4 Å². The van der Waals surface area contributed by atoms with Gasteiger partial charge in [-0.1, -0.05) is 42.5 Å². The molecule has 0 spiro atoms. The molecular weight excluding hydrogens is 224 g/mol. The first-order chi connectivity index (χ1) is 8.79. The van der Waals surface area contributed by atoms with Gasteiger partial charge in [-0.15, -0.1) is 0 Å². The van der Waals surface area contributed by atoms with Gasteiger partial charge in [0, 0.05) is 6.42 Å². The minimum absolute atomic E-state index is 0.0276. The van der Waals surface area contributed by atoms with Crippen molar-refractivity contribution in [2.24, 2.45) is 0 Å². The highest BCUT2D eigenvalue weighted by atomic mass is 16.5. The van der Waals surface area contributed by atoms with E-state index in [1.165, 1.54) is 5.56 Å². The molecule has 18 heavy (non-hydrogen) atoms. The molecule has 0 radical (unpaired) electrons. The Morgan fingerprint density at radius 1 is 1.33 bits per heavy atom. The Kier molecular flexibility index (Phi) is 4.97. The number of hydrogen-bond donors (Lipinski definition) is 1. The zero-order valence-corrected chi connectivity index (χ0v) is 11.0. The fourth-order valence-corrected chi connectivity index (χ4v) is 2.51. The van der Waals surface area contributed by atoms with Crippen LogP contribution in [0.4, 0.5) is 0 Å². The summed E-state index contributed by atoms with van der Waals surface area (Å²) in [6, 6.07) is 10.1. The molecule has 1 aliphatic rings. The average molecular weight is 246 g/mol. The quantitative estimate of drug-likeness (QED) is 0.827. The molecule has 0 aliphatic carbocycles. The van der Waals surface area contributed by atoms with Crippen molar-refractivity contribution in [1.29, 1.82) is 0 Å². The summed E-state index contributed by atoms with van der Waals surface area (Å²) in [5.41, 5.74) is 1.17. The smallest absolute Gasteiger partial charge is 0.0845 e. The minimum Gasteiger partial charge on any atom is -0.390 e. The monoisotopic (exact) mass is 246 g/mol. The molecule has 3 atom stereocenters. The molecule has 2 rings (SSSR count). The van der Waals surface area contributed by atoms with E-state index in [1.807, 2.05) is 31.2 Å². The second-order valence-electron chi connectivity index (χ2n) is 4.93. The molecule has 1 aromatic rings. The van der Waals surface area contributed by atoms with Crippen molar-refractivity contribution in [2.75, 3.05) is 0 Å². The average Bonchev–Trinajstić information content (AvgIpc) is 2.40. The number of hydrogen-bond acceptors (Lipinski definition) is 2. The van der Waals surface area contributed by atoms with Crippen molar-refractivity contribution in [1.82, 2.24) is 0 Å². The summed E-state index contributed by atoms with van der Waals surface area (Å²) in [6.45, 7) is 2.01. The molecular formula is C16H22O2. The van der Waals surface area contributed by atoms with Crippen molar-refractivity contribution in [3.8, 4) is 0 Å². The largest absolute Gasteiger partial charge is 0.390 e. The van der Waals surface area contributed by atoms with Crippen molar-refractivity contribution >= 4 is 0 Å². The zero-order chi connectivity index (χ0) is 12.8. The van der Waals surface area contributed by atoms with E-state index in [0.717, 1.165) is 19.3 Å². The molecule has 1 aliphatic heterocycles. The van der Waals surface area contributed by atoms with Gasteiger partial charge in [-0.25, -0.2) is 0 Å². The molecule has 0 saturated carbocycles. The summed E-state index contributed by atoms with van der Waals surface area (Å²) < 4.78 is 5.92. The Morgan fingerprint density at radius 3 is 2.83 bits per heavy atom. The number of benzene rings is 1. The fraction of sp³-hybridized carbons (Fsp3) is 0.500. The molecule has 2 heteroatoms. The van der Waals surface area contributed by atoms with Gasteiger partial charge in [0.2, 0.25) is 0 Å². The van der Waals surface area contributed by atoms with E-state index in [0.29, 0.717) is 6.42 Å². The topological polar surface area (TPSA) is 29.5 Å². The van der Waals surface area contributed by atoms with E-state index >= 15 is 0 Å². The third kappa shape index (κ3) is 3.69. The Bertz CT molecular complexity index is 372. The van der Waals surface area contributed by atoms with Crippen LogP contribution in [0, 0.1) is 0 Å². The highest BCUT2D eigenvalue weighted by Gasteiger charge is 2.26. The summed E-state index contributed by atoms with van der Waals surface area (Å²) in [6.07, 6.45) is 7.69. The minimum atomic E-state index is -0.402. The summed E-state index contributed by atoms with van der Waals surface area (Å²) >= 11 is 0. The van der Waals surface area contributed by atoms with Crippen molar-refractivity contribution < 1.29 is 9.84 Å². The van der Waals surface area contributed by atoms with E-state index < -0.39 is 6.10 Å². The molecule has 0 bridgehead atoms. The zero-order valence-electron chi connectivity index (χ0n) is 11.0. The van der Waals surface area contributed by atoms with Gasteiger partial charge in [-0.05, 0) is 31.7 Å². The predicted molar refractivity (Wildman–Crippen MR) is 73.5 cm³/mol. The fourth-order valence-electron chi connectivity index (χ4n) is 2.51. The van der Waals surface area contributed by atoms with Crippen molar-refractivity contribution in [3.05, 3.63) is 48.0 Å². The molecule has 1 saturated heterocycles. The van der Waals surface area contributed by atoms with Gasteiger partial charge in [0.15, 0.2) is 0 Å². The first kappa shape index (κ1) is 13.3. The molecule has 0 aromatic heterocycles. The van der Waals surface area contributed by atoms with Crippen molar-refractivity contribution in [2.45, 2.75) is 50.9 Å². The molecule has 1 N–H and O–H groups in total. The van der Waals surface area contributed by atoms with E-state index in [4.69, 9.17) is 4.74 Å². The molecule has 1 fully saturated rings. The lowest BCUT2D eigenvalue weighted by Gasteiger charge is -2.31. The standard InChI is InChI=1S/C16H22O2/c1-2-7-14-10-6-11-16(18-14)15(17)12-13-8-4-3-5-9-13/h2-5,7-9,14-17H,6,10-12H2,1H3/b7-2+/t14-,15-,16+/m1/s1. The number of aliphatic hydroxyl groups excluding tert-OH is 1. The van der Waals surface area contributed by atoms with Crippen LogP contribution in [-0.2, 0) is 11.2 Å². The Balaban J connectivity index is 1.90. The van der Waals surface area contributed by atoms with Crippen LogP contribution >= 0.6 is 0 Å². The van der Waals surface area contributed by atoms with Crippen molar-refractivity contribution in [3.63, 3.8) is 0 Å². The number of rotatable bonds is 4. The maximum Gasteiger partial charge on any atom is 0.0845 e. The van der Waals surface area contributed by atoms with Gasteiger partial charge in [0.25, 0.3) is 0 Å². The maximum atomic E-state index is 10.3. The van der Waals surface area contributed by atoms with Gasteiger partial charge in [0.05, 0.1) is 18.3 Å².